The fraction of sp³-hybridized carbons (Fsp3) is 1.00. The van der Waals surface area contributed by atoms with Crippen LogP contribution in [0, 0.1) is 5.92 Å². The van der Waals surface area contributed by atoms with Gasteiger partial charge in [-0.25, -0.2) is 0 Å². The van der Waals surface area contributed by atoms with Gasteiger partial charge < -0.3 is 19.5 Å². The zero-order chi connectivity index (χ0) is 10.9. The van der Waals surface area contributed by atoms with Crippen LogP contribution >= 0.6 is 0 Å². The Morgan fingerprint density at radius 1 is 1.53 bits per heavy atom. The quantitative estimate of drug-likeness (QED) is 0.742. The molecule has 2 aliphatic rings. The molecule has 0 aromatic rings. The summed E-state index contributed by atoms with van der Waals surface area (Å²) in [5.74, 6) is -0.0360. The predicted octanol–water partition coefficient (Wildman–Crippen LogP) is 0.452. The molecule has 0 bridgehead atoms. The van der Waals surface area contributed by atoms with Gasteiger partial charge in [-0.05, 0) is 26.4 Å². The molecule has 0 aromatic heterocycles. The highest BCUT2D eigenvalue weighted by Crippen LogP contribution is 2.36. The molecule has 0 radical (unpaired) electrons. The van der Waals surface area contributed by atoms with Crippen molar-refractivity contribution in [1.29, 1.82) is 0 Å². The van der Waals surface area contributed by atoms with E-state index < -0.39 is 5.79 Å². The van der Waals surface area contributed by atoms with Crippen LogP contribution in [-0.2, 0) is 9.47 Å². The van der Waals surface area contributed by atoms with E-state index in [2.05, 4.69) is 11.8 Å². The summed E-state index contributed by atoms with van der Waals surface area (Å²) in [6, 6.07) is 0. The summed E-state index contributed by atoms with van der Waals surface area (Å²) in [6.07, 6.45) is 0.994. The van der Waals surface area contributed by atoms with E-state index in [0.29, 0.717) is 12.5 Å². The molecule has 88 valence electrons. The van der Waals surface area contributed by atoms with Gasteiger partial charge in [0.05, 0.1) is 13.2 Å². The molecule has 2 aliphatic heterocycles. The molecule has 2 rings (SSSR count). The molecule has 2 heterocycles. The highest BCUT2D eigenvalue weighted by molar-refractivity contribution is 4.88. The SMILES string of the molecule is CCN1CCC(C2(C)OCC(CO)O2)C1. The number of nitrogens with zero attached hydrogens (tertiary/aromatic N) is 1. The molecule has 15 heavy (non-hydrogen) atoms. The summed E-state index contributed by atoms with van der Waals surface area (Å²) < 4.78 is 11.5. The van der Waals surface area contributed by atoms with Gasteiger partial charge in [-0.15, -0.1) is 0 Å². The number of aliphatic hydroxyl groups excluding tert-OH is 1. The van der Waals surface area contributed by atoms with Crippen LogP contribution in [0.4, 0.5) is 0 Å². The van der Waals surface area contributed by atoms with Crippen molar-refractivity contribution in [3.8, 4) is 0 Å². The first-order valence-corrected chi connectivity index (χ1v) is 5.83. The second kappa shape index (κ2) is 4.37. The average molecular weight is 215 g/mol. The third-order valence-corrected chi connectivity index (χ3v) is 3.62. The molecular formula is C11H21NO3. The summed E-state index contributed by atoms with van der Waals surface area (Å²) in [5, 5.41) is 9.02. The van der Waals surface area contributed by atoms with Gasteiger partial charge in [0.15, 0.2) is 5.79 Å². The van der Waals surface area contributed by atoms with E-state index in [4.69, 9.17) is 14.6 Å². The Morgan fingerprint density at radius 2 is 2.33 bits per heavy atom. The van der Waals surface area contributed by atoms with Gasteiger partial charge in [-0.3, -0.25) is 0 Å². The van der Waals surface area contributed by atoms with Crippen molar-refractivity contribution in [2.75, 3.05) is 32.8 Å². The molecule has 3 atom stereocenters. The van der Waals surface area contributed by atoms with Crippen LogP contribution in [0.5, 0.6) is 0 Å². The van der Waals surface area contributed by atoms with Crippen molar-refractivity contribution in [2.45, 2.75) is 32.2 Å². The zero-order valence-electron chi connectivity index (χ0n) is 9.61. The lowest BCUT2D eigenvalue weighted by Gasteiger charge is -2.29. The van der Waals surface area contributed by atoms with Crippen LogP contribution in [-0.4, -0.2) is 54.7 Å². The largest absolute Gasteiger partial charge is 0.394 e. The number of likely N-dealkylation sites (tertiary alicyclic amines) is 1. The van der Waals surface area contributed by atoms with Crippen LogP contribution in [0.1, 0.15) is 20.3 Å². The van der Waals surface area contributed by atoms with Gasteiger partial charge in [-0.2, -0.15) is 0 Å². The highest BCUT2D eigenvalue weighted by atomic mass is 16.7. The standard InChI is InChI=1S/C11H21NO3/c1-3-12-5-4-9(6-12)11(2)14-8-10(7-13)15-11/h9-10,13H,3-8H2,1-2H3. The number of hydrogen-bond acceptors (Lipinski definition) is 4. The summed E-state index contributed by atoms with van der Waals surface area (Å²) in [4.78, 5) is 2.41. The maximum Gasteiger partial charge on any atom is 0.170 e. The molecule has 2 fully saturated rings. The van der Waals surface area contributed by atoms with Crippen LogP contribution in [0.2, 0.25) is 0 Å². The second-order valence-corrected chi connectivity index (χ2v) is 4.63. The van der Waals surface area contributed by atoms with E-state index in [9.17, 15) is 0 Å². The Kier molecular flexibility index (Phi) is 3.30. The normalized spacial score (nSPS) is 42.6. The molecule has 0 aromatic carbocycles. The van der Waals surface area contributed by atoms with Gasteiger partial charge in [0.1, 0.15) is 6.10 Å². The lowest BCUT2D eigenvalue weighted by molar-refractivity contribution is -0.191. The maximum atomic E-state index is 9.02. The topological polar surface area (TPSA) is 41.9 Å². The molecule has 3 unspecified atom stereocenters. The highest BCUT2D eigenvalue weighted by Gasteiger charge is 2.45. The van der Waals surface area contributed by atoms with Gasteiger partial charge in [0.25, 0.3) is 0 Å². The number of ether oxygens (including phenoxy) is 2. The zero-order valence-corrected chi connectivity index (χ0v) is 9.61. The summed E-state index contributed by atoms with van der Waals surface area (Å²) in [7, 11) is 0. The fourth-order valence-electron chi connectivity index (χ4n) is 2.51. The van der Waals surface area contributed by atoms with Crippen LogP contribution < -0.4 is 0 Å². The van der Waals surface area contributed by atoms with Crippen molar-refractivity contribution < 1.29 is 14.6 Å². The van der Waals surface area contributed by atoms with E-state index in [-0.39, 0.29) is 12.7 Å². The van der Waals surface area contributed by atoms with E-state index in [1.807, 2.05) is 6.92 Å². The number of rotatable bonds is 3. The number of hydrogen-bond donors (Lipinski definition) is 1. The Balaban J connectivity index is 1.93. The third-order valence-electron chi connectivity index (χ3n) is 3.62. The molecule has 2 saturated heterocycles. The monoisotopic (exact) mass is 215 g/mol. The third kappa shape index (κ3) is 2.18. The summed E-state index contributed by atoms with van der Waals surface area (Å²) >= 11 is 0. The molecule has 1 N–H and O–H groups in total. The number of aliphatic hydroxyl groups is 1. The first-order valence-electron chi connectivity index (χ1n) is 5.83. The molecule has 0 spiro atoms. The van der Waals surface area contributed by atoms with Gasteiger partial charge in [0.2, 0.25) is 0 Å². The first kappa shape index (κ1) is 11.3. The minimum Gasteiger partial charge on any atom is -0.394 e. The maximum absolute atomic E-state index is 9.02. The Bertz CT molecular complexity index is 224. The lowest BCUT2D eigenvalue weighted by Crippen LogP contribution is -2.38. The van der Waals surface area contributed by atoms with Gasteiger partial charge in [0, 0.05) is 12.5 Å². The van der Waals surface area contributed by atoms with Gasteiger partial charge in [-0.1, -0.05) is 6.92 Å². The van der Waals surface area contributed by atoms with E-state index in [1.165, 1.54) is 0 Å². The van der Waals surface area contributed by atoms with Gasteiger partial charge >= 0.3 is 0 Å². The van der Waals surface area contributed by atoms with E-state index in [1.54, 1.807) is 0 Å². The molecule has 0 saturated carbocycles. The Morgan fingerprint density at radius 3 is 2.87 bits per heavy atom. The molecule has 0 aliphatic carbocycles. The van der Waals surface area contributed by atoms with Crippen LogP contribution in [0.15, 0.2) is 0 Å². The minimum atomic E-state index is -0.475. The second-order valence-electron chi connectivity index (χ2n) is 4.63. The Labute approximate surface area is 91.2 Å². The molecule has 4 heteroatoms. The lowest BCUT2D eigenvalue weighted by atomic mass is 9.99. The van der Waals surface area contributed by atoms with Crippen LogP contribution in [0.25, 0.3) is 0 Å². The van der Waals surface area contributed by atoms with Crippen molar-refractivity contribution in [1.82, 2.24) is 4.90 Å². The predicted molar refractivity (Wildman–Crippen MR) is 56.5 cm³/mol. The summed E-state index contributed by atoms with van der Waals surface area (Å²) in [5.41, 5.74) is 0. The molecular weight excluding hydrogens is 194 g/mol. The van der Waals surface area contributed by atoms with Crippen molar-refractivity contribution in [2.24, 2.45) is 5.92 Å². The first-order chi connectivity index (χ1) is 7.18. The smallest absolute Gasteiger partial charge is 0.170 e. The van der Waals surface area contributed by atoms with Crippen LogP contribution in [0.3, 0.4) is 0 Å². The van der Waals surface area contributed by atoms with Crippen molar-refractivity contribution >= 4 is 0 Å². The van der Waals surface area contributed by atoms with Crippen molar-refractivity contribution in [3.63, 3.8) is 0 Å². The molecule has 4 nitrogen and oxygen atoms in total. The van der Waals surface area contributed by atoms with E-state index in [0.717, 1.165) is 26.1 Å². The molecule has 0 amide bonds. The Hall–Kier alpha value is -0.160. The summed E-state index contributed by atoms with van der Waals surface area (Å²) in [6.45, 7) is 8.04. The fourth-order valence-corrected chi connectivity index (χ4v) is 2.51. The van der Waals surface area contributed by atoms with Crippen molar-refractivity contribution in [3.05, 3.63) is 0 Å². The average Bonchev–Trinajstić information content (AvgIpc) is 2.84. The minimum absolute atomic E-state index is 0.0554. The van der Waals surface area contributed by atoms with E-state index >= 15 is 0 Å².